The normalized spacial score (nSPS) is 19.6. The van der Waals surface area contributed by atoms with E-state index >= 15 is 0 Å². The SMILES string of the molecule is COc1cccc(/C=N/N2C(=O)N[C@](C)(CCc3ccccc3)C2=O)c1O. The van der Waals surface area contributed by atoms with Gasteiger partial charge in [-0.1, -0.05) is 36.4 Å². The Labute approximate surface area is 157 Å². The lowest BCUT2D eigenvalue weighted by Gasteiger charge is -2.20. The molecule has 1 aliphatic heterocycles. The molecule has 7 nitrogen and oxygen atoms in total. The number of amides is 3. The van der Waals surface area contributed by atoms with E-state index in [9.17, 15) is 14.7 Å². The van der Waals surface area contributed by atoms with Crippen molar-refractivity contribution in [1.82, 2.24) is 10.3 Å². The molecular formula is C20H21N3O4. The number of phenolic OH excluding ortho intramolecular Hbond substituents is 1. The van der Waals surface area contributed by atoms with E-state index in [1.54, 1.807) is 25.1 Å². The molecule has 0 saturated carbocycles. The van der Waals surface area contributed by atoms with Crippen molar-refractivity contribution in [3.63, 3.8) is 0 Å². The van der Waals surface area contributed by atoms with E-state index in [1.807, 2.05) is 30.3 Å². The number of ether oxygens (including phenoxy) is 1. The summed E-state index contributed by atoms with van der Waals surface area (Å²) in [4.78, 5) is 25.0. The largest absolute Gasteiger partial charge is 0.504 e. The molecule has 1 saturated heterocycles. The second kappa shape index (κ2) is 7.49. The standard InChI is InChI=1S/C20H21N3O4/c1-20(12-11-14-7-4-3-5-8-14)18(25)23(19(26)22-20)21-13-15-9-6-10-16(27-2)17(15)24/h3-10,13,24H,11-12H2,1-2H3,(H,22,26)/b21-13+/t20-/m1/s1. The fourth-order valence-electron chi connectivity index (χ4n) is 2.91. The Morgan fingerprint density at radius 3 is 2.63 bits per heavy atom. The molecule has 1 atom stereocenters. The van der Waals surface area contributed by atoms with Crippen LogP contribution < -0.4 is 10.1 Å². The van der Waals surface area contributed by atoms with Crippen LogP contribution in [-0.4, -0.2) is 40.9 Å². The highest BCUT2D eigenvalue weighted by Crippen LogP contribution is 2.29. The Morgan fingerprint density at radius 2 is 1.93 bits per heavy atom. The van der Waals surface area contributed by atoms with Gasteiger partial charge in [-0.3, -0.25) is 4.79 Å². The van der Waals surface area contributed by atoms with Crippen LogP contribution in [0.1, 0.15) is 24.5 Å². The van der Waals surface area contributed by atoms with Gasteiger partial charge in [-0.15, -0.1) is 5.01 Å². The Hall–Kier alpha value is -3.35. The van der Waals surface area contributed by atoms with Crippen molar-refractivity contribution in [2.45, 2.75) is 25.3 Å². The van der Waals surface area contributed by atoms with E-state index in [2.05, 4.69) is 10.4 Å². The molecule has 0 spiro atoms. The molecule has 140 valence electrons. The smallest absolute Gasteiger partial charge is 0.346 e. The van der Waals surface area contributed by atoms with E-state index in [0.717, 1.165) is 10.6 Å². The number of nitrogens with one attached hydrogen (secondary N) is 1. The quantitative estimate of drug-likeness (QED) is 0.607. The van der Waals surface area contributed by atoms with Crippen LogP contribution in [0.4, 0.5) is 4.79 Å². The van der Waals surface area contributed by atoms with Crippen molar-refractivity contribution < 1.29 is 19.4 Å². The molecule has 1 heterocycles. The van der Waals surface area contributed by atoms with Crippen LogP contribution in [0.15, 0.2) is 53.6 Å². The molecule has 0 aromatic heterocycles. The number of carbonyl (C=O) groups excluding carboxylic acids is 2. The van der Waals surface area contributed by atoms with Crippen LogP contribution in [0.5, 0.6) is 11.5 Å². The summed E-state index contributed by atoms with van der Waals surface area (Å²) in [6.45, 7) is 1.69. The van der Waals surface area contributed by atoms with Crippen LogP contribution in [0, 0.1) is 0 Å². The van der Waals surface area contributed by atoms with Gasteiger partial charge in [0.05, 0.1) is 13.3 Å². The fraction of sp³-hybridized carbons (Fsp3) is 0.250. The number of phenols is 1. The molecule has 1 fully saturated rings. The molecule has 3 amide bonds. The summed E-state index contributed by atoms with van der Waals surface area (Å²) in [5.74, 6) is -0.256. The molecule has 7 heteroatoms. The summed E-state index contributed by atoms with van der Waals surface area (Å²) in [7, 11) is 1.44. The number of benzene rings is 2. The molecule has 3 rings (SSSR count). The molecule has 2 aromatic carbocycles. The Morgan fingerprint density at radius 1 is 1.19 bits per heavy atom. The van der Waals surface area contributed by atoms with Crippen molar-refractivity contribution in [2.75, 3.05) is 7.11 Å². The number of hydrazone groups is 1. The average Bonchev–Trinajstić information content (AvgIpc) is 2.89. The first-order valence-corrected chi connectivity index (χ1v) is 8.55. The molecule has 0 unspecified atom stereocenters. The number of aromatic hydroxyl groups is 1. The molecule has 0 radical (unpaired) electrons. The van der Waals surface area contributed by atoms with E-state index in [1.165, 1.54) is 13.3 Å². The Kier molecular flexibility index (Phi) is 5.12. The van der Waals surface area contributed by atoms with Gasteiger partial charge in [-0.2, -0.15) is 5.10 Å². The molecule has 27 heavy (non-hydrogen) atoms. The number of aryl methyl sites for hydroxylation is 1. The lowest BCUT2D eigenvalue weighted by Crippen LogP contribution is -2.44. The Bertz CT molecular complexity index is 882. The molecule has 0 aliphatic carbocycles. The van der Waals surface area contributed by atoms with Gasteiger partial charge in [0.1, 0.15) is 5.54 Å². The third kappa shape index (κ3) is 3.76. The van der Waals surface area contributed by atoms with Crippen LogP contribution in [0.25, 0.3) is 0 Å². The van der Waals surface area contributed by atoms with Gasteiger partial charge in [-0.25, -0.2) is 4.79 Å². The first-order chi connectivity index (χ1) is 12.9. The third-order valence-corrected chi connectivity index (χ3v) is 4.56. The number of carbonyl (C=O) groups is 2. The molecule has 2 aromatic rings. The number of para-hydroxylation sites is 1. The van der Waals surface area contributed by atoms with Crippen molar-refractivity contribution >= 4 is 18.2 Å². The number of hydrogen-bond donors (Lipinski definition) is 2. The summed E-state index contributed by atoms with van der Waals surface area (Å²) in [5.41, 5.74) is 0.401. The number of rotatable bonds is 6. The summed E-state index contributed by atoms with van der Waals surface area (Å²) >= 11 is 0. The monoisotopic (exact) mass is 367 g/mol. The molecular weight excluding hydrogens is 346 g/mol. The van der Waals surface area contributed by atoms with Crippen LogP contribution in [0.2, 0.25) is 0 Å². The van der Waals surface area contributed by atoms with Gasteiger partial charge in [0.2, 0.25) is 0 Å². The maximum Gasteiger partial charge on any atom is 0.346 e. The number of hydrogen-bond acceptors (Lipinski definition) is 5. The van der Waals surface area contributed by atoms with Gasteiger partial charge in [0.25, 0.3) is 5.91 Å². The van der Waals surface area contributed by atoms with Gasteiger partial charge in [0, 0.05) is 5.56 Å². The zero-order chi connectivity index (χ0) is 19.4. The highest BCUT2D eigenvalue weighted by molar-refractivity contribution is 6.07. The predicted molar refractivity (Wildman–Crippen MR) is 101 cm³/mol. The second-order valence-electron chi connectivity index (χ2n) is 6.51. The topological polar surface area (TPSA) is 91.2 Å². The molecule has 2 N–H and O–H groups in total. The summed E-state index contributed by atoms with van der Waals surface area (Å²) < 4.78 is 5.04. The fourth-order valence-corrected chi connectivity index (χ4v) is 2.91. The minimum Gasteiger partial charge on any atom is -0.504 e. The third-order valence-electron chi connectivity index (χ3n) is 4.56. The summed E-state index contributed by atoms with van der Waals surface area (Å²) in [6.07, 6.45) is 2.37. The summed E-state index contributed by atoms with van der Waals surface area (Å²) in [6, 6.07) is 14.0. The number of imide groups is 1. The molecule has 0 bridgehead atoms. The Balaban J connectivity index is 1.74. The minimum atomic E-state index is -1.03. The van der Waals surface area contributed by atoms with E-state index in [0.29, 0.717) is 18.4 Å². The number of nitrogens with zero attached hydrogens (tertiary/aromatic N) is 2. The number of methoxy groups -OCH3 is 1. The van der Waals surface area contributed by atoms with Crippen molar-refractivity contribution in [2.24, 2.45) is 5.10 Å². The van der Waals surface area contributed by atoms with E-state index in [4.69, 9.17) is 4.74 Å². The van der Waals surface area contributed by atoms with E-state index < -0.39 is 17.5 Å². The van der Waals surface area contributed by atoms with Gasteiger partial charge in [-0.05, 0) is 37.5 Å². The zero-order valence-electron chi connectivity index (χ0n) is 15.2. The lowest BCUT2D eigenvalue weighted by atomic mass is 9.93. The first-order valence-electron chi connectivity index (χ1n) is 8.55. The van der Waals surface area contributed by atoms with Crippen LogP contribution >= 0.6 is 0 Å². The minimum absolute atomic E-state index is 0.109. The van der Waals surface area contributed by atoms with Gasteiger partial charge in [0.15, 0.2) is 11.5 Å². The lowest BCUT2D eigenvalue weighted by molar-refractivity contribution is -0.130. The maximum absolute atomic E-state index is 12.7. The van der Waals surface area contributed by atoms with Crippen molar-refractivity contribution in [1.29, 1.82) is 0 Å². The highest BCUT2D eigenvalue weighted by Gasteiger charge is 2.47. The molecule has 1 aliphatic rings. The van der Waals surface area contributed by atoms with E-state index in [-0.39, 0.29) is 11.5 Å². The van der Waals surface area contributed by atoms with Gasteiger partial charge < -0.3 is 15.2 Å². The first kappa shape index (κ1) is 18.4. The number of urea groups is 1. The maximum atomic E-state index is 12.7. The average molecular weight is 367 g/mol. The zero-order valence-corrected chi connectivity index (χ0v) is 15.2. The van der Waals surface area contributed by atoms with Crippen LogP contribution in [-0.2, 0) is 11.2 Å². The summed E-state index contributed by atoms with van der Waals surface area (Å²) in [5, 5.41) is 17.6. The van der Waals surface area contributed by atoms with Crippen LogP contribution in [0.3, 0.4) is 0 Å². The van der Waals surface area contributed by atoms with Gasteiger partial charge >= 0.3 is 6.03 Å². The highest BCUT2D eigenvalue weighted by atomic mass is 16.5. The van der Waals surface area contributed by atoms with Crippen molar-refractivity contribution in [3.8, 4) is 11.5 Å². The second-order valence-corrected chi connectivity index (χ2v) is 6.51. The van der Waals surface area contributed by atoms with Crippen molar-refractivity contribution in [3.05, 3.63) is 59.7 Å². The predicted octanol–water partition coefficient (Wildman–Crippen LogP) is 2.68.